The van der Waals surface area contributed by atoms with E-state index in [4.69, 9.17) is 11.6 Å². The molecule has 0 aliphatic heterocycles. The van der Waals surface area contributed by atoms with Crippen molar-refractivity contribution in [1.29, 1.82) is 0 Å². The third-order valence-corrected chi connectivity index (χ3v) is 4.82. The molecule has 0 saturated carbocycles. The first-order valence-corrected chi connectivity index (χ1v) is 7.65. The SMILES string of the molecule is CC(C1=Cc2ccccc2C1)c1c[nH]c2c(Cl)cccc12. The number of hydrogen-bond acceptors (Lipinski definition) is 0. The van der Waals surface area contributed by atoms with E-state index in [1.807, 2.05) is 12.1 Å². The molecule has 1 aromatic heterocycles. The van der Waals surface area contributed by atoms with Crippen molar-refractivity contribution in [3.05, 3.63) is 75.9 Å². The fourth-order valence-electron chi connectivity index (χ4n) is 3.28. The normalized spacial score (nSPS) is 15.0. The van der Waals surface area contributed by atoms with Crippen LogP contribution in [0, 0.1) is 0 Å². The Morgan fingerprint density at radius 3 is 2.81 bits per heavy atom. The van der Waals surface area contributed by atoms with Crippen LogP contribution in [0.4, 0.5) is 0 Å². The molecule has 2 heteroatoms. The fraction of sp³-hybridized carbons (Fsp3) is 0.158. The van der Waals surface area contributed by atoms with Crippen LogP contribution in [-0.2, 0) is 6.42 Å². The molecule has 0 fully saturated rings. The van der Waals surface area contributed by atoms with Crippen LogP contribution in [0.2, 0.25) is 5.02 Å². The highest BCUT2D eigenvalue weighted by atomic mass is 35.5. The quantitative estimate of drug-likeness (QED) is 0.636. The molecule has 0 radical (unpaired) electrons. The van der Waals surface area contributed by atoms with E-state index in [1.54, 1.807) is 0 Å². The van der Waals surface area contributed by atoms with Crippen molar-refractivity contribution in [2.45, 2.75) is 19.3 Å². The zero-order valence-corrected chi connectivity index (χ0v) is 12.6. The van der Waals surface area contributed by atoms with Gasteiger partial charge in [0.15, 0.2) is 0 Å². The lowest BCUT2D eigenvalue weighted by atomic mass is 9.91. The topological polar surface area (TPSA) is 15.8 Å². The van der Waals surface area contributed by atoms with E-state index in [0.717, 1.165) is 17.0 Å². The van der Waals surface area contributed by atoms with Gasteiger partial charge in [0.2, 0.25) is 0 Å². The highest BCUT2D eigenvalue weighted by Crippen LogP contribution is 2.38. The Balaban J connectivity index is 1.76. The molecule has 1 heterocycles. The smallest absolute Gasteiger partial charge is 0.0647 e. The van der Waals surface area contributed by atoms with E-state index in [-0.39, 0.29) is 0 Å². The molecule has 1 unspecified atom stereocenters. The van der Waals surface area contributed by atoms with Crippen LogP contribution in [0.25, 0.3) is 17.0 Å². The highest BCUT2D eigenvalue weighted by Gasteiger charge is 2.21. The van der Waals surface area contributed by atoms with E-state index in [0.29, 0.717) is 5.92 Å². The minimum atomic E-state index is 0.393. The molecule has 104 valence electrons. The Morgan fingerprint density at radius 2 is 1.95 bits per heavy atom. The van der Waals surface area contributed by atoms with Crippen molar-refractivity contribution in [2.75, 3.05) is 0 Å². The van der Waals surface area contributed by atoms with Crippen molar-refractivity contribution < 1.29 is 0 Å². The summed E-state index contributed by atoms with van der Waals surface area (Å²) in [7, 11) is 0. The lowest BCUT2D eigenvalue weighted by Gasteiger charge is -2.12. The van der Waals surface area contributed by atoms with E-state index < -0.39 is 0 Å². The fourth-order valence-corrected chi connectivity index (χ4v) is 3.51. The lowest BCUT2D eigenvalue weighted by Crippen LogP contribution is -1.97. The summed E-state index contributed by atoms with van der Waals surface area (Å²) in [6.45, 7) is 2.28. The van der Waals surface area contributed by atoms with Crippen LogP contribution in [0.3, 0.4) is 0 Å². The van der Waals surface area contributed by atoms with Crippen LogP contribution in [-0.4, -0.2) is 4.98 Å². The first kappa shape index (κ1) is 12.7. The zero-order chi connectivity index (χ0) is 14.4. The number of aromatic nitrogens is 1. The average Bonchev–Trinajstić information content (AvgIpc) is 3.11. The second-order valence-electron chi connectivity index (χ2n) is 5.72. The maximum atomic E-state index is 6.26. The molecule has 0 spiro atoms. The molecular formula is C19H16ClN. The number of rotatable bonds is 2. The molecule has 1 aliphatic rings. The Kier molecular flexibility index (Phi) is 2.90. The number of aromatic amines is 1. The Bertz CT molecular complexity index is 857. The van der Waals surface area contributed by atoms with E-state index in [2.05, 4.69) is 54.5 Å². The van der Waals surface area contributed by atoms with Gasteiger partial charge < -0.3 is 4.98 Å². The summed E-state index contributed by atoms with van der Waals surface area (Å²) in [6, 6.07) is 14.7. The Hall–Kier alpha value is -1.99. The number of H-pyrrole nitrogens is 1. The minimum absolute atomic E-state index is 0.393. The maximum Gasteiger partial charge on any atom is 0.0647 e. The highest BCUT2D eigenvalue weighted by molar-refractivity contribution is 6.35. The van der Waals surface area contributed by atoms with Crippen molar-refractivity contribution in [3.63, 3.8) is 0 Å². The summed E-state index contributed by atoms with van der Waals surface area (Å²) in [4.78, 5) is 3.32. The number of benzene rings is 2. The van der Waals surface area contributed by atoms with Crippen molar-refractivity contribution in [1.82, 2.24) is 4.98 Å². The number of fused-ring (bicyclic) bond motifs is 2. The van der Waals surface area contributed by atoms with E-state index in [1.165, 1.54) is 27.6 Å². The first-order valence-electron chi connectivity index (χ1n) is 7.28. The number of hydrogen-bond donors (Lipinski definition) is 1. The van der Waals surface area contributed by atoms with Crippen molar-refractivity contribution >= 4 is 28.6 Å². The lowest BCUT2D eigenvalue weighted by molar-refractivity contribution is 0.878. The maximum absolute atomic E-state index is 6.26. The van der Waals surface area contributed by atoms with Gasteiger partial charge in [-0.15, -0.1) is 0 Å². The Labute approximate surface area is 129 Å². The van der Waals surface area contributed by atoms with E-state index >= 15 is 0 Å². The number of para-hydroxylation sites is 1. The summed E-state index contributed by atoms with van der Waals surface area (Å²) < 4.78 is 0. The third kappa shape index (κ3) is 2.00. The second-order valence-corrected chi connectivity index (χ2v) is 6.13. The third-order valence-electron chi connectivity index (χ3n) is 4.51. The minimum Gasteiger partial charge on any atom is -0.360 e. The molecule has 0 saturated heterocycles. The van der Waals surface area contributed by atoms with Gasteiger partial charge in [-0.3, -0.25) is 0 Å². The molecule has 21 heavy (non-hydrogen) atoms. The van der Waals surface area contributed by atoms with Gasteiger partial charge in [0, 0.05) is 17.5 Å². The predicted octanol–water partition coefficient (Wildman–Crippen LogP) is 5.56. The van der Waals surface area contributed by atoms with Gasteiger partial charge in [0.05, 0.1) is 10.5 Å². The monoisotopic (exact) mass is 293 g/mol. The molecule has 0 bridgehead atoms. The molecule has 2 aromatic carbocycles. The molecule has 3 aromatic rings. The Morgan fingerprint density at radius 1 is 1.10 bits per heavy atom. The summed E-state index contributed by atoms with van der Waals surface area (Å²) in [5, 5.41) is 2.02. The van der Waals surface area contributed by atoms with Gasteiger partial charge >= 0.3 is 0 Å². The van der Waals surface area contributed by atoms with Gasteiger partial charge in [-0.05, 0) is 29.2 Å². The van der Waals surface area contributed by atoms with Crippen LogP contribution in [0.15, 0.2) is 54.2 Å². The number of allylic oxidation sites excluding steroid dienone is 1. The summed E-state index contributed by atoms with van der Waals surface area (Å²) in [5.74, 6) is 0.393. The van der Waals surface area contributed by atoms with Crippen molar-refractivity contribution in [3.8, 4) is 0 Å². The van der Waals surface area contributed by atoms with Crippen LogP contribution >= 0.6 is 11.6 Å². The first-order chi connectivity index (χ1) is 10.2. The molecule has 1 aliphatic carbocycles. The molecule has 1 N–H and O–H groups in total. The molecule has 0 amide bonds. The summed E-state index contributed by atoms with van der Waals surface area (Å²) >= 11 is 6.26. The summed E-state index contributed by atoms with van der Waals surface area (Å²) in [5.41, 5.74) is 6.62. The van der Waals surface area contributed by atoms with Gasteiger partial charge in [-0.25, -0.2) is 0 Å². The van der Waals surface area contributed by atoms with Crippen LogP contribution in [0.5, 0.6) is 0 Å². The van der Waals surface area contributed by atoms with Gasteiger partial charge in [-0.2, -0.15) is 0 Å². The van der Waals surface area contributed by atoms with Gasteiger partial charge in [-0.1, -0.05) is 66.6 Å². The molecular weight excluding hydrogens is 278 g/mol. The standard InChI is InChI=1S/C19H16ClN/c1-12(15-9-13-5-2-3-6-14(13)10-15)17-11-21-19-16(17)7-4-8-18(19)20/h2-9,11-12,21H,10H2,1H3. The predicted molar refractivity (Wildman–Crippen MR) is 89.8 cm³/mol. The number of halogens is 1. The van der Waals surface area contributed by atoms with Crippen LogP contribution in [0.1, 0.15) is 29.5 Å². The van der Waals surface area contributed by atoms with E-state index in [9.17, 15) is 0 Å². The molecule has 4 rings (SSSR count). The van der Waals surface area contributed by atoms with Gasteiger partial charge in [0.1, 0.15) is 0 Å². The van der Waals surface area contributed by atoms with Gasteiger partial charge in [0.25, 0.3) is 0 Å². The zero-order valence-electron chi connectivity index (χ0n) is 11.9. The molecule has 1 atom stereocenters. The second kappa shape index (κ2) is 4.78. The average molecular weight is 294 g/mol. The van der Waals surface area contributed by atoms with Crippen molar-refractivity contribution in [2.24, 2.45) is 0 Å². The molecule has 1 nitrogen and oxygen atoms in total. The van der Waals surface area contributed by atoms with Crippen LogP contribution < -0.4 is 0 Å². The number of nitrogens with one attached hydrogen (secondary N) is 1. The largest absolute Gasteiger partial charge is 0.360 e. The summed E-state index contributed by atoms with van der Waals surface area (Å²) in [6.07, 6.45) is 5.49.